The minimum atomic E-state index is -0.273. The van der Waals surface area contributed by atoms with Crippen molar-refractivity contribution in [1.29, 1.82) is 0 Å². The average Bonchev–Trinajstić information content (AvgIpc) is 3.53. The number of benzene rings is 3. The van der Waals surface area contributed by atoms with E-state index >= 15 is 0 Å². The Bertz CT molecular complexity index is 1600. The molecule has 2 aromatic heterocycles. The third kappa shape index (κ3) is 4.74. The fourth-order valence-corrected chi connectivity index (χ4v) is 5.68. The topological polar surface area (TPSA) is 55.1 Å². The lowest BCUT2D eigenvalue weighted by Gasteiger charge is -2.31. The van der Waals surface area contributed by atoms with Gasteiger partial charge in [0.2, 0.25) is 0 Å². The molecule has 1 unspecified atom stereocenters. The van der Waals surface area contributed by atoms with Crippen LogP contribution in [0.1, 0.15) is 39.7 Å². The molecule has 1 aliphatic heterocycles. The van der Waals surface area contributed by atoms with Crippen LogP contribution >= 0.6 is 11.8 Å². The first-order valence-corrected chi connectivity index (χ1v) is 14.3. The number of urea groups is 1. The standard InChI is InChI=1S/C32H31N5OS/c1-22-11-13-24(14-12-22)20-33-32(38)36-21-28-23(2)34-37(26-8-5-4-6-9-26)31(28)35-19-7-10-29(35)30(36)25-15-17-27(39-3)18-16-25/h4-19,30H,20-21H2,1-3H3,(H,33,38). The molecule has 3 heterocycles. The van der Waals surface area contributed by atoms with Gasteiger partial charge in [-0.3, -0.25) is 0 Å². The molecular weight excluding hydrogens is 502 g/mol. The molecule has 0 fully saturated rings. The molecule has 7 heteroatoms. The van der Waals surface area contributed by atoms with E-state index in [1.54, 1.807) is 11.8 Å². The number of nitrogens with one attached hydrogen (secondary N) is 1. The lowest BCUT2D eigenvalue weighted by molar-refractivity contribution is 0.180. The fraction of sp³-hybridized carbons (Fsp3) is 0.188. The molecule has 1 aliphatic rings. The minimum Gasteiger partial charge on any atom is -0.334 e. The van der Waals surface area contributed by atoms with Crippen LogP contribution in [0.4, 0.5) is 4.79 Å². The first kappa shape index (κ1) is 25.1. The van der Waals surface area contributed by atoms with Gasteiger partial charge in [-0.1, -0.05) is 60.2 Å². The van der Waals surface area contributed by atoms with Crippen molar-refractivity contribution in [2.75, 3.05) is 6.26 Å². The Kier molecular flexibility index (Phi) is 6.75. The van der Waals surface area contributed by atoms with Gasteiger partial charge in [-0.2, -0.15) is 5.10 Å². The number of para-hydroxylation sites is 1. The third-order valence-corrected chi connectivity index (χ3v) is 8.09. The Morgan fingerprint density at radius 3 is 2.41 bits per heavy atom. The van der Waals surface area contributed by atoms with Crippen LogP contribution in [0.3, 0.4) is 0 Å². The Morgan fingerprint density at radius 1 is 0.949 bits per heavy atom. The van der Waals surface area contributed by atoms with Crippen molar-refractivity contribution >= 4 is 17.8 Å². The van der Waals surface area contributed by atoms with Crippen LogP contribution < -0.4 is 5.32 Å². The van der Waals surface area contributed by atoms with Gasteiger partial charge in [0, 0.05) is 23.2 Å². The molecule has 39 heavy (non-hydrogen) atoms. The zero-order valence-electron chi connectivity index (χ0n) is 22.3. The van der Waals surface area contributed by atoms with E-state index in [1.165, 1.54) is 10.5 Å². The Labute approximate surface area is 233 Å². The summed E-state index contributed by atoms with van der Waals surface area (Å²) in [7, 11) is 0. The van der Waals surface area contributed by atoms with Crippen LogP contribution in [0.2, 0.25) is 0 Å². The van der Waals surface area contributed by atoms with E-state index in [0.29, 0.717) is 13.1 Å². The number of rotatable bonds is 5. The number of hydrogen-bond donors (Lipinski definition) is 1. The maximum atomic E-state index is 14.0. The summed E-state index contributed by atoms with van der Waals surface area (Å²) in [5, 5.41) is 8.13. The van der Waals surface area contributed by atoms with Crippen LogP contribution in [-0.2, 0) is 13.1 Å². The van der Waals surface area contributed by atoms with E-state index in [2.05, 4.69) is 96.0 Å². The van der Waals surface area contributed by atoms with Crippen LogP contribution in [0.15, 0.2) is 102 Å². The monoisotopic (exact) mass is 533 g/mol. The summed E-state index contributed by atoms with van der Waals surface area (Å²) in [5.41, 5.74) is 7.29. The summed E-state index contributed by atoms with van der Waals surface area (Å²) in [6, 6.07) is 30.8. The normalized spacial score (nSPS) is 14.4. The first-order valence-electron chi connectivity index (χ1n) is 13.1. The van der Waals surface area contributed by atoms with Crippen LogP contribution in [0.5, 0.6) is 0 Å². The Hall–Kier alpha value is -4.23. The number of carbonyl (C=O) groups excluding carboxylic acids is 1. The van der Waals surface area contributed by atoms with Gasteiger partial charge in [0.05, 0.1) is 29.7 Å². The fourth-order valence-electron chi connectivity index (χ4n) is 5.27. The average molecular weight is 534 g/mol. The predicted octanol–water partition coefficient (Wildman–Crippen LogP) is 6.82. The number of hydrogen-bond acceptors (Lipinski definition) is 3. The highest BCUT2D eigenvalue weighted by Crippen LogP contribution is 2.38. The molecule has 0 spiro atoms. The number of carbonyl (C=O) groups is 1. The van der Waals surface area contributed by atoms with E-state index in [1.807, 2.05) is 40.8 Å². The second-order valence-electron chi connectivity index (χ2n) is 9.89. The Morgan fingerprint density at radius 2 is 1.69 bits per heavy atom. The Balaban J connectivity index is 1.46. The minimum absolute atomic E-state index is 0.109. The molecule has 1 atom stereocenters. The van der Waals surface area contributed by atoms with E-state index in [4.69, 9.17) is 5.10 Å². The molecule has 2 amide bonds. The molecule has 1 N–H and O–H groups in total. The third-order valence-electron chi connectivity index (χ3n) is 7.34. The van der Waals surface area contributed by atoms with Crippen molar-refractivity contribution in [1.82, 2.24) is 24.6 Å². The smallest absolute Gasteiger partial charge is 0.318 e. The molecule has 0 saturated heterocycles. The number of amides is 2. The van der Waals surface area contributed by atoms with Crippen LogP contribution in [0, 0.1) is 13.8 Å². The van der Waals surface area contributed by atoms with Crippen molar-refractivity contribution in [3.8, 4) is 11.5 Å². The number of thioether (sulfide) groups is 1. The lowest BCUT2D eigenvalue weighted by Crippen LogP contribution is -2.41. The zero-order chi connectivity index (χ0) is 26.9. The maximum absolute atomic E-state index is 14.0. The van der Waals surface area contributed by atoms with E-state index in [-0.39, 0.29) is 12.1 Å². The summed E-state index contributed by atoms with van der Waals surface area (Å²) in [6.45, 7) is 4.99. The maximum Gasteiger partial charge on any atom is 0.318 e. The first-order chi connectivity index (χ1) is 19.0. The zero-order valence-corrected chi connectivity index (χ0v) is 23.2. The van der Waals surface area contributed by atoms with Crippen LogP contribution in [-0.4, -0.2) is 31.5 Å². The molecule has 0 radical (unpaired) electrons. The summed E-state index contributed by atoms with van der Waals surface area (Å²) < 4.78 is 4.19. The van der Waals surface area contributed by atoms with Gasteiger partial charge < -0.3 is 14.8 Å². The van der Waals surface area contributed by atoms with Crippen LogP contribution in [0.25, 0.3) is 11.5 Å². The highest BCUT2D eigenvalue weighted by Gasteiger charge is 2.35. The summed E-state index contributed by atoms with van der Waals surface area (Å²) >= 11 is 1.71. The van der Waals surface area contributed by atoms with Crippen molar-refractivity contribution < 1.29 is 4.79 Å². The molecule has 0 saturated carbocycles. The predicted molar refractivity (Wildman–Crippen MR) is 157 cm³/mol. The van der Waals surface area contributed by atoms with E-state index in [9.17, 15) is 4.79 Å². The second kappa shape index (κ2) is 10.5. The highest BCUT2D eigenvalue weighted by atomic mass is 32.2. The van der Waals surface area contributed by atoms with Gasteiger partial charge >= 0.3 is 6.03 Å². The highest BCUT2D eigenvalue weighted by molar-refractivity contribution is 7.98. The van der Waals surface area contributed by atoms with Gasteiger partial charge in [-0.15, -0.1) is 11.8 Å². The quantitative estimate of drug-likeness (QED) is 0.252. The van der Waals surface area contributed by atoms with Crippen molar-refractivity contribution in [2.24, 2.45) is 0 Å². The summed E-state index contributed by atoms with van der Waals surface area (Å²) in [6.07, 6.45) is 4.15. The number of fused-ring (bicyclic) bond motifs is 3. The molecule has 3 aromatic carbocycles. The van der Waals surface area contributed by atoms with Gasteiger partial charge in [0.15, 0.2) is 0 Å². The molecule has 0 bridgehead atoms. The van der Waals surface area contributed by atoms with Crippen molar-refractivity contribution in [3.63, 3.8) is 0 Å². The second-order valence-corrected chi connectivity index (χ2v) is 10.8. The molecule has 196 valence electrons. The van der Waals surface area contributed by atoms with Gasteiger partial charge in [0.1, 0.15) is 5.82 Å². The molecule has 0 aliphatic carbocycles. The molecule has 6 nitrogen and oxygen atoms in total. The lowest BCUT2D eigenvalue weighted by atomic mass is 10.0. The van der Waals surface area contributed by atoms with Crippen molar-refractivity contribution in [3.05, 3.63) is 131 Å². The summed E-state index contributed by atoms with van der Waals surface area (Å²) in [4.78, 5) is 17.1. The molecule has 6 rings (SSSR count). The SMILES string of the molecule is CSc1ccc(C2c3cccn3-c3c(c(C)nn3-c3ccccc3)CN2C(=O)NCc2ccc(C)cc2)cc1. The number of aryl methyl sites for hydroxylation is 2. The van der Waals surface area contributed by atoms with Gasteiger partial charge in [-0.25, -0.2) is 9.48 Å². The van der Waals surface area contributed by atoms with Gasteiger partial charge in [0.25, 0.3) is 0 Å². The number of nitrogens with zero attached hydrogens (tertiary/aromatic N) is 4. The largest absolute Gasteiger partial charge is 0.334 e. The van der Waals surface area contributed by atoms with Gasteiger partial charge in [-0.05, 0) is 67.6 Å². The van der Waals surface area contributed by atoms with Crippen molar-refractivity contribution in [2.45, 2.75) is 37.9 Å². The molecular formula is C32H31N5OS. The van der Waals surface area contributed by atoms with E-state index < -0.39 is 0 Å². The van der Waals surface area contributed by atoms with E-state index in [0.717, 1.165) is 39.6 Å². The number of aromatic nitrogens is 3. The molecule has 5 aromatic rings. The summed E-state index contributed by atoms with van der Waals surface area (Å²) in [5.74, 6) is 0.971.